The van der Waals surface area contributed by atoms with Crippen LogP contribution >= 0.6 is 11.7 Å². The standard InChI is InChI=1S/C24H24N4O2S2/c1-18-12-13-21-22(26-31-25-21)24(18)32(29,30)28-16-14-27(15-17-28)23(19-8-4-2-5-9-19)20-10-6-3-7-11-20/h2-13,23H,14-17H2,1H3/p+1. The number of aryl methyl sites for hydroxylation is 1. The minimum absolute atomic E-state index is 0.176. The molecule has 0 bridgehead atoms. The summed E-state index contributed by atoms with van der Waals surface area (Å²) in [5.41, 5.74) is 4.33. The molecule has 1 aromatic heterocycles. The van der Waals surface area contributed by atoms with Crippen LogP contribution in [-0.4, -0.2) is 47.6 Å². The molecule has 3 aromatic carbocycles. The summed E-state index contributed by atoms with van der Waals surface area (Å²) in [5, 5.41) is 0. The first-order valence-corrected chi connectivity index (χ1v) is 12.9. The lowest BCUT2D eigenvalue weighted by Crippen LogP contribution is -3.15. The first-order chi connectivity index (χ1) is 15.6. The topological polar surface area (TPSA) is 67.6 Å². The highest BCUT2D eigenvalue weighted by molar-refractivity contribution is 7.89. The van der Waals surface area contributed by atoms with Crippen LogP contribution in [-0.2, 0) is 10.0 Å². The number of fused-ring (bicyclic) bond motifs is 1. The quantitative estimate of drug-likeness (QED) is 0.492. The van der Waals surface area contributed by atoms with E-state index in [-0.39, 0.29) is 6.04 Å². The molecule has 0 atom stereocenters. The largest absolute Gasteiger partial charge is 0.323 e. The third kappa shape index (κ3) is 3.84. The molecule has 1 N–H and O–H groups in total. The molecular formula is C24H25N4O2S2+. The second-order valence-electron chi connectivity index (χ2n) is 8.16. The molecule has 8 heteroatoms. The molecule has 4 aromatic rings. The molecule has 1 saturated heterocycles. The fourth-order valence-corrected chi connectivity index (χ4v) is 7.03. The van der Waals surface area contributed by atoms with Gasteiger partial charge in [0.1, 0.15) is 22.0 Å². The molecule has 0 aliphatic carbocycles. The molecule has 5 rings (SSSR count). The van der Waals surface area contributed by atoms with E-state index in [2.05, 4.69) is 57.3 Å². The first-order valence-electron chi connectivity index (χ1n) is 10.7. The van der Waals surface area contributed by atoms with Crippen molar-refractivity contribution in [3.63, 3.8) is 0 Å². The van der Waals surface area contributed by atoms with E-state index in [4.69, 9.17) is 0 Å². The van der Waals surface area contributed by atoms with Crippen molar-refractivity contribution < 1.29 is 13.3 Å². The Morgan fingerprint density at radius 1 is 0.875 bits per heavy atom. The van der Waals surface area contributed by atoms with Crippen LogP contribution in [0.25, 0.3) is 11.0 Å². The average molecular weight is 466 g/mol. The van der Waals surface area contributed by atoms with Crippen molar-refractivity contribution in [2.75, 3.05) is 26.2 Å². The number of nitrogens with one attached hydrogen (secondary N) is 1. The number of nitrogens with zero attached hydrogens (tertiary/aromatic N) is 3. The Morgan fingerprint density at radius 2 is 1.47 bits per heavy atom. The zero-order chi connectivity index (χ0) is 22.1. The lowest BCUT2D eigenvalue weighted by atomic mass is 9.96. The molecule has 1 aliphatic heterocycles. The Bertz CT molecular complexity index is 1280. The van der Waals surface area contributed by atoms with E-state index in [0.29, 0.717) is 34.6 Å². The van der Waals surface area contributed by atoms with Crippen LogP contribution in [0.1, 0.15) is 22.7 Å². The van der Waals surface area contributed by atoms with Gasteiger partial charge in [0.2, 0.25) is 10.0 Å². The number of hydrogen-bond donors (Lipinski definition) is 1. The first kappa shape index (κ1) is 21.2. The predicted octanol–water partition coefficient (Wildman–Crippen LogP) is 2.68. The summed E-state index contributed by atoms with van der Waals surface area (Å²) in [6, 6.07) is 24.8. The maximum absolute atomic E-state index is 13.6. The Hall–Kier alpha value is -2.65. The summed E-state index contributed by atoms with van der Waals surface area (Å²) in [6.07, 6.45) is 0. The highest BCUT2D eigenvalue weighted by Gasteiger charge is 2.36. The lowest BCUT2D eigenvalue weighted by molar-refractivity contribution is -0.929. The number of rotatable bonds is 5. The smallest absolute Gasteiger partial charge is 0.246 e. The lowest BCUT2D eigenvalue weighted by Gasteiger charge is -2.36. The van der Waals surface area contributed by atoms with Crippen LogP contribution in [0.2, 0.25) is 0 Å². The molecule has 0 saturated carbocycles. The fraction of sp³-hybridized carbons (Fsp3) is 0.250. The van der Waals surface area contributed by atoms with Crippen molar-refractivity contribution in [1.29, 1.82) is 0 Å². The van der Waals surface area contributed by atoms with Gasteiger partial charge in [-0.05, 0) is 18.6 Å². The molecule has 1 fully saturated rings. The van der Waals surface area contributed by atoms with E-state index in [0.717, 1.165) is 24.8 Å². The van der Waals surface area contributed by atoms with E-state index in [1.807, 2.05) is 31.2 Å². The monoisotopic (exact) mass is 465 g/mol. The van der Waals surface area contributed by atoms with Crippen molar-refractivity contribution in [1.82, 2.24) is 13.1 Å². The minimum Gasteiger partial charge on any atom is -0.323 e. The van der Waals surface area contributed by atoms with Crippen molar-refractivity contribution in [3.8, 4) is 0 Å². The Morgan fingerprint density at radius 3 is 2.06 bits per heavy atom. The number of sulfonamides is 1. The maximum Gasteiger partial charge on any atom is 0.246 e. The van der Waals surface area contributed by atoms with Gasteiger partial charge in [0, 0.05) is 11.1 Å². The zero-order valence-electron chi connectivity index (χ0n) is 17.8. The van der Waals surface area contributed by atoms with Crippen LogP contribution in [0, 0.1) is 6.92 Å². The molecule has 0 radical (unpaired) electrons. The van der Waals surface area contributed by atoms with Crippen LogP contribution in [0.15, 0.2) is 77.7 Å². The zero-order valence-corrected chi connectivity index (χ0v) is 19.4. The summed E-state index contributed by atoms with van der Waals surface area (Å²) >= 11 is 1.05. The molecule has 32 heavy (non-hydrogen) atoms. The molecule has 0 spiro atoms. The maximum atomic E-state index is 13.6. The van der Waals surface area contributed by atoms with Crippen LogP contribution in [0.5, 0.6) is 0 Å². The third-order valence-electron chi connectivity index (χ3n) is 6.21. The van der Waals surface area contributed by atoms with Gasteiger partial charge < -0.3 is 4.90 Å². The van der Waals surface area contributed by atoms with Crippen LogP contribution < -0.4 is 4.90 Å². The van der Waals surface area contributed by atoms with Crippen LogP contribution in [0.4, 0.5) is 0 Å². The summed E-state index contributed by atoms with van der Waals surface area (Å²) < 4.78 is 37.3. The molecule has 164 valence electrons. The highest BCUT2D eigenvalue weighted by atomic mass is 32.2. The number of quaternary nitrogens is 1. The van der Waals surface area contributed by atoms with Crippen molar-refractivity contribution >= 4 is 32.8 Å². The van der Waals surface area contributed by atoms with Gasteiger partial charge in [-0.1, -0.05) is 66.7 Å². The van der Waals surface area contributed by atoms with Gasteiger partial charge >= 0.3 is 0 Å². The third-order valence-corrected chi connectivity index (χ3v) is 8.83. The summed E-state index contributed by atoms with van der Waals surface area (Å²) in [6.45, 7) is 4.24. The summed E-state index contributed by atoms with van der Waals surface area (Å²) in [4.78, 5) is 1.67. The Kier molecular flexibility index (Phi) is 5.77. The number of hydrogen-bond acceptors (Lipinski definition) is 5. The van der Waals surface area contributed by atoms with Gasteiger partial charge in [-0.15, -0.1) is 0 Å². The van der Waals surface area contributed by atoms with E-state index < -0.39 is 10.0 Å². The molecule has 1 aliphatic rings. The second-order valence-corrected chi connectivity index (χ2v) is 10.6. The highest BCUT2D eigenvalue weighted by Crippen LogP contribution is 2.28. The second kappa shape index (κ2) is 8.71. The summed E-state index contributed by atoms with van der Waals surface area (Å²) in [5.74, 6) is 0. The average Bonchev–Trinajstić information content (AvgIpc) is 3.29. The Balaban J connectivity index is 1.42. The number of benzene rings is 3. The molecule has 0 unspecified atom stereocenters. The van der Waals surface area contributed by atoms with Gasteiger partial charge in [0.05, 0.1) is 37.9 Å². The van der Waals surface area contributed by atoms with E-state index in [1.165, 1.54) is 16.0 Å². The molecule has 6 nitrogen and oxygen atoms in total. The van der Waals surface area contributed by atoms with E-state index >= 15 is 0 Å². The van der Waals surface area contributed by atoms with Crippen molar-refractivity contribution in [2.45, 2.75) is 17.9 Å². The number of aromatic nitrogens is 2. The van der Waals surface area contributed by atoms with E-state index in [9.17, 15) is 8.42 Å². The van der Waals surface area contributed by atoms with Gasteiger partial charge in [-0.2, -0.15) is 13.1 Å². The SMILES string of the molecule is Cc1ccc2nsnc2c1S(=O)(=O)N1CC[NH+](C(c2ccccc2)c2ccccc2)CC1. The predicted molar refractivity (Wildman–Crippen MR) is 126 cm³/mol. The number of piperazine rings is 1. The molecule has 0 amide bonds. The van der Waals surface area contributed by atoms with Gasteiger partial charge in [0.15, 0.2) is 0 Å². The fourth-order valence-electron chi connectivity index (χ4n) is 4.64. The summed E-state index contributed by atoms with van der Waals surface area (Å²) in [7, 11) is -3.64. The molecule has 2 heterocycles. The van der Waals surface area contributed by atoms with Gasteiger partial charge in [0.25, 0.3) is 0 Å². The van der Waals surface area contributed by atoms with Crippen LogP contribution in [0.3, 0.4) is 0 Å². The Labute approximate surface area is 192 Å². The van der Waals surface area contributed by atoms with Crippen molar-refractivity contribution in [2.24, 2.45) is 0 Å². The van der Waals surface area contributed by atoms with Crippen molar-refractivity contribution in [3.05, 3.63) is 89.5 Å². The van der Waals surface area contributed by atoms with Gasteiger partial charge in [-0.25, -0.2) is 8.42 Å². The van der Waals surface area contributed by atoms with E-state index in [1.54, 1.807) is 4.31 Å². The van der Waals surface area contributed by atoms with Gasteiger partial charge in [-0.3, -0.25) is 0 Å². The normalized spacial score (nSPS) is 16.1. The minimum atomic E-state index is -3.64. The molecular weight excluding hydrogens is 440 g/mol.